The van der Waals surface area contributed by atoms with Crippen molar-refractivity contribution >= 4 is 0 Å². The molecular weight excluding hydrogens is 228 g/mol. The van der Waals surface area contributed by atoms with E-state index in [-0.39, 0.29) is 0 Å². The lowest BCUT2D eigenvalue weighted by molar-refractivity contribution is -0.0285. The molecule has 0 spiro atoms. The van der Waals surface area contributed by atoms with Crippen molar-refractivity contribution in [2.24, 2.45) is 0 Å². The van der Waals surface area contributed by atoms with Crippen LogP contribution in [0.4, 0.5) is 0 Å². The smallest absolute Gasteiger partial charge is 0.146 e. The van der Waals surface area contributed by atoms with E-state index in [2.05, 4.69) is 12.2 Å². The predicted molar refractivity (Wildman–Crippen MR) is 75.6 cm³/mol. The lowest BCUT2D eigenvalue weighted by Crippen LogP contribution is -1.96. The van der Waals surface area contributed by atoms with Gasteiger partial charge >= 0.3 is 0 Å². The molecule has 0 saturated carbocycles. The maximum Gasteiger partial charge on any atom is 0.146 e. The van der Waals surface area contributed by atoms with Crippen LogP contribution in [0.1, 0.15) is 57.8 Å². The standard InChI is InChI=1S/C15H30O3/c1-17-15-18-14-12-10-8-6-4-2-3-5-7-9-11-13-16/h8,10,16H,2-7,9,11-15H2,1H3/b10-8+. The van der Waals surface area contributed by atoms with E-state index in [1.165, 1.54) is 44.9 Å². The number of methoxy groups -OCH3 is 1. The number of unbranched alkanes of at least 4 members (excludes halogenated alkanes) is 7. The van der Waals surface area contributed by atoms with Gasteiger partial charge in [0.1, 0.15) is 6.79 Å². The lowest BCUT2D eigenvalue weighted by Gasteiger charge is -2.00. The highest BCUT2D eigenvalue weighted by molar-refractivity contribution is 4.81. The molecule has 0 saturated heterocycles. The first-order valence-corrected chi connectivity index (χ1v) is 7.24. The SMILES string of the molecule is COCOCC/C=C/CCCCCCCCCO. The zero-order valence-electron chi connectivity index (χ0n) is 11.9. The highest BCUT2D eigenvalue weighted by Crippen LogP contribution is 2.08. The Morgan fingerprint density at radius 2 is 1.44 bits per heavy atom. The molecule has 0 aromatic rings. The Kier molecular flexibility index (Phi) is 16.3. The van der Waals surface area contributed by atoms with Crippen molar-refractivity contribution in [3.8, 4) is 0 Å². The highest BCUT2D eigenvalue weighted by atomic mass is 16.7. The summed E-state index contributed by atoms with van der Waals surface area (Å²) in [5.74, 6) is 0. The molecule has 0 bridgehead atoms. The van der Waals surface area contributed by atoms with Gasteiger partial charge in [0.25, 0.3) is 0 Å². The second-order valence-corrected chi connectivity index (χ2v) is 4.56. The van der Waals surface area contributed by atoms with Crippen molar-refractivity contribution in [3.63, 3.8) is 0 Å². The van der Waals surface area contributed by atoms with Crippen molar-refractivity contribution in [1.82, 2.24) is 0 Å². The van der Waals surface area contributed by atoms with E-state index in [9.17, 15) is 0 Å². The van der Waals surface area contributed by atoms with Gasteiger partial charge in [0.05, 0.1) is 6.61 Å². The molecule has 3 heteroatoms. The number of hydrogen-bond donors (Lipinski definition) is 1. The Hall–Kier alpha value is -0.380. The third-order valence-electron chi connectivity index (χ3n) is 2.83. The Morgan fingerprint density at radius 3 is 2.11 bits per heavy atom. The zero-order valence-corrected chi connectivity index (χ0v) is 11.9. The third-order valence-corrected chi connectivity index (χ3v) is 2.83. The van der Waals surface area contributed by atoms with Crippen LogP contribution in [0.25, 0.3) is 0 Å². The molecule has 0 unspecified atom stereocenters. The fourth-order valence-electron chi connectivity index (χ4n) is 1.79. The van der Waals surface area contributed by atoms with Crippen LogP contribution >= 0.6 is 0 Å². The fourth-order valence-corrected chi connectivity index (χ4v) is 1.79. The molecule has 0 atom stereocenters. The minimum absolute atomic E-state index is 0.346. The monoisotopic (exact) mass is 258 g/mol. The highest BCUT2D eigenvalue weighted by Gasteiger charge is 1.90. The molecule has 0 rings (SSSR count). The van der Waals surface area contributed by atoms with E-state index in [0.29, 0.717) is 13.4 Å². The summed E-state index contributed by atoms with van der Waals surface area (Å²) < 4.78 is 9.97. The quantitative estimate of drug-likeness (QED) is 0.293. The van der Waals surface area contributed by atoms with Crippen molar-refractivity contribution in [2.75, 3.05) is 27.1 Å². The summed E-state index contributed by atoms with van der Waals surface area (Å²) in [4.78, 5) is 0. The van der Waals surface area contributed by atoms with Crippen LogP contribution < -0.4 is 0 Å². The zero-order chi connectivity index (χ0) is 13.3. The van der Waals surface area contributed by atoms with Gasteiger partial charge < -0.3 is 14.6 Å². The number of rotatable bonds is 14. The van der Waals surface area contributed by atoms with E-state index >= 15 is 0 Å². The summed E-state index contributed by atoms with van der Waals surface area (Å²) in [6.45, 7) is 1.48. The molecule has 0 radical (unpaired) electrons. The molecule has 0 fully saturated rings. The number of aliphatic hydroxyl groups excluding tert-OH is 1. The second kappa shape index (κ2) is 16.6. The third kappa shape index (κ3) is 15.6. The number of allylic oxidation sites excluding steroid dienone is 1. The van der Waals surface area contributed by atoms with E-state index in [0.717, 1.165) is 19.4 Å². The van der Waals surface area contributed by atoms with Crippen LogP contribution in [0, 0.1) is 0 Å². The largest absolute Gasteiger partial charge is 0.396 e. The molecule has 0 aliphatic carbocycles. The number of aliphatic hydroxyl groups is 1. The van der Waals surface area contributed by atoms with Gasteiger partial charge in [0.15, 0.2) is 0 Å². The van der Waals surface area contributed by atoms with Gasteiger partial charge in [0, 0.05) is 13.7 Å². The lowest BCUT2D eigenvalue weighted by atomic mass is 10.1. The minimum atomic E-state index is 0.346. The molecule has 18 heavy (non-hydrogen) atoms. The Bertz CT molecular complexity index is 169. The predicted octanol–water partition coefficient (Wildman–Crippen LogP) is 3.67. The maximum absolute atomic E-state index is 8.63. The molecule has 1 N–H and O–H groups in total. The summed E-state index contributed by atoms with van der Waals surface area (Å²) in [7, 11) is 1.64. The first-order chi connectivity index (χ1) is 8.91. The van der Waals surface area contributed by atoms with E-state index in [1.807, 2.05) is 0 Å². The van der Waals surface area contributed by atoms with Crippen LogP contribution in [-0.4, -0.2) is 32.2 Å². The van der Waals surface area contributed by atoms with Gasteiger partial charge in [-0.1, -0.05) is 44.3 Å². The molecule has 0 heterocycles. The summed E-state index contributed by atoms with van der Waals surface area (Å²) >= 11 is 0. The average molecular weight is 258 g/mol. The van der Waals surface area contributed by atoms with Crippen LogP contribution in [0.15, 0.2) is 12.2 Å². The van der Waals surface area contributed by atoms with Crippen molar-refractivity contribution in [3.05, 3.63) is 12.2 Å². The maximum atomic E-state index is 8.63. The topological polar surface area (TPSA) is 38.7 Å². The molecule has 0 aromatic carbocycles. The Morgan fingerprint density at radius 1 is 0.833 bits per heavy atom. The summed E-state index contributed by atoms with van der Waals surface area (Å²) in [5.41, 5.74) is 0. The summed E-state index contributed by atoms with van der Waals surface area (Å²) in [5, 5.41) is 8.63. The fraction of sp³-hybridized carbons (Fsp3) is 0.867. The van der Waals surface area contributed by atoms with Crippen LogP contribution in [0.3, 0.4) is 0 Å². The molecule has 108 valence electrons. The molecular formula is C15H30O3. The van der Waals surface area contributed by atoms with E-state index < -0.39 is 0 Å². The van der Waals surface area contributed by atoms with Gasteiger partial charge in [-0.25, -0.2) is 0 Å². The van der Waals surface area contributed by atoms with Gasteiger partial charge in [-0.3, -0.25) is 0 Å². The molecule has 3 nitrogen and oxygen atoms in total. The number of ether oxygens (including phenoxy) is 2. The van der Waals surface area contributed by atoms with Gasteiger partial charge in [-0.15, -0.1) is 0 Å². The molecule has 0 aliphatic heterocycles. The van der Waals surface area contributed by atoms with E-state index in [1.54, 1.807) is 7.11 Å². The van der Waals surface area contributed by atoms with Crippen molar-refractivity contribution in [1.29, 1.82) is 0 Å². The summed E-state index contributed by atoms with van der Waals surface area (Å²) in [6.07, 6.45) is 15.3. The van der Waals surface area contributed by atoms with Crippen molar-refractivity contribution < 1.29 is 14.6 Å². The summed E-state index contributed by atoms with van der Waals surface area (Å²) in [6, 6.07) is 0. The molecule has 0 aliphatic rings. The Balaban J connectivity index is 2.99. The minimum Gasteiger partial charge on any atom is -0.396 e. The van der Waals surface area contributed by atoms with Crippen molar-refractivity contribution in [2.45, 2.75) is 57.8 Å². The van der Waals surface area contributed by atoms with Crippen LogP contribution in [-0.2, 0) is 9.47 Å². The molecule has 0 amide bonds. The van der Waals surface area contributed by atoms with Gasteiger partial charge in [-0.05, 0) is 25.7 Å². The molecule has 0 aromatic heterocycles. The van der Waals surface area contributed by atoms with E-state index in [4.69, 9.17) is 14.6 Å². The average Bonchev–Trinajstić information content (AvgIpc) is 2.39. The van der Waals surface area contributed by atoms with Crippen LogP contribution in [0.2, 0.25) is 0 Å². The first-order valence-electron chi connectivity index (χ1n) is 7.24. The van der Waals surface area contributed by atoms with Gasteiger partial charge in [-0.2, -0.15) is 0 Å². The number of hydrogen-bond acceptors (Lipinski definition) is 3. The Labute approximate surface area is 112 Å². The second-order valence-electron chi connectivity index (χ2n) is 4.56. The van der Waals surface area contributed by atoms with Gasteiger partial charge in [0.2, 0.25) is 0 Å². The normalized spacial score (nSPS) is 11.4. The van der Waals surface area contributed by atoms with Crippen LogP contribution in [0.5, 0.6) is 0 Å². The first kappa shape index (κ1) is 17.6.